The Bertz CT molecular complexity index is 391. The highest BCUT2D eigenvalue weighted by atomic mass is 35.5. The highest BCUT2D eigenvalue weighted by Crippen LogP contribution is 2.16. The number of methoxy groups -OCH3 is 1. The molecule has 0 aromatic heterocycles. The van der Waals surface area contributed by atoms with Gasteiger partial charge in [-0.15, -0.1) is 12.4 Å². The maximum atomic E-state index is 11.7. The molecule has 0 bridgehead atoms. The summed E-state index contributed by atoms with van der Waals surface area (Å²) in [6, 6.07) is 7.18. The molecule has 19 heavy (non-hydrogen) atoms. The van der Waals surface area contributed by atoms with Crippen molar-refractivity contribution in [1.82, 2.24) is 0 Å². The smallest absolute Gasteiger partial charge is 0.243 e. The van der Waals surface area contributed by atoms with E-state index in [1.807, 2.05) is 36.0 Å². The molecule has 1 atom stereocenters. The molecule has 4 nitrogen and oxygen atoms in total. The number of nitrogens with two attached hydrogens (primary N) is 1. The van der Waals surface area contributed by atoms with Crippen LogP contribution in [-0.2, 0) is 15.3 Å². The molecule has 0 aliphatic rings. The van der Waals surface area contributed by atoms with Gasteiger partial charge in [0.1, 0.15) is 6.04 Å². The number of halogens is 1. The fraction of sp³-hybridized carbons (Fsp3) is 0.462. The third kappa shape index (κ3) is 6.82. The van der Waals surface area contributed by atoms with E-state index in [0.717, 1.165) is 17.2 Å². The minimum absolute atomic E-state index is 0. The van der Waals surface area contributed by atoms with Gasteiger partial charge < -0.3 is 15.8 Å². The van der Waals surface area contributed by atoms with Gasteiger partial charge in [-0.3, -0.25) is 4.79 Å². The number of benzene rings is 1. The molecule has 0 heterocycles. The standard InChI is InChI=1S/C13H20N2O2S.ClH/c1-3-18-9-10-5-4-6-11(7-10)15-13(16)12(14)8-17-2;/h4-7,12H,3,8-9,14H2,1-2H3,(H,15,16);1H. The van der Waals surface area contributed by atoms with Gasteiger partial charge in [0, 0.05) is 18.6 Å². The van der Waals surface area contributed by atoms with Crippen molar-refractivity contribution in [3.05, 3.63) is 29.8 Å². The summed E-state index contributed by atoms with van der Waals surface area (Å²) in [5.41, 5.74) is 7.63. The monoisotopic (exact) mass is 304 g/mol. The third-order valence-corrected chi connectivity index (χ3v) is 3.30. The molecule has 0 radical (unpaired) electrons. The van der Waals surface area contributed by atoms with Crippen LogP contribution in [0.15, 0.2) is 24.3 Å². The summed E-state index contributed by atoms with van der Waals surface area (Å²) < 4.78 is 4.85. The van der Waals surface area contributed by atoms with Crippen LogP contribution in [0.25, 0.3) is 0 Å². The highest BCUT2D eigenvalue weighted by molar-refractivity contribution is 7.98. The Hall–Kier alpha value is -0.750. The van der Waals surface area contributed by atoms with Gasteiger partial charge in [-0.2, -0.15) is 11.8 Å². The van der Waals surface area contributed by atoms with Gasteiger partial charge in [0.15, 0.2) is 0 Å². The third-order valence-electron chi connectivity index (χ3n) is 2.35. The van der Waals surface area contributed by atoms with Crippen molar-refractivity contribution in [2.45, 2.75) is 18.7 Å². The Labute approximate surface area is 124 Å². The Morgan fingerprint density at radius 2 is 2.26 bits per heavy atom. The topological polar surface area (TPSA) is 64.4 Å². The van der Waals surface area contributed by atoms with E-state index in [1.54, 1.807) is 0 Å². The number of carbonyl (C=O) groups is 1. The molecule has 0 saturated carbocycles. The van der Waals surface area contributed by atoms with Gasteiger partial charge >= 0.3 is 0 Å². The van der Waals surface area contributed by atoms with Gasteiger partial charge in [-0.1, -0.05) is 19.1 Å². The van der Waals surface area contributed by atoms with Crippen LogP contribution in [0.3, 0.4) is 0 Å². The molecule has 1 amide bonds. The Kier molecular flexibility index (Phi) is 9.69. The van der Waals surface area contributed by atoms with Crippen molar-refractivity contribution in [1.29, 1.82) is 0 Å². The number of nitrogens with one attached hydrogen (secondary N) is 1. The van der Waals surface area contributed by atoms with Crippen LogP contribution in [-0.4, -0.2) is 31.4 Å². The number of thioether (sulfide) groups is 1. The van der Waals surface area contributed by atoms with Crippen LogP contribution < -0.4 is 11.1 Å². The van der Waals surface area contributed by atoms with Gasteiger partial charge in [0.2, 0.25) is 5.91 Å². The van der Waals surface area contributed by atoms with Crippen LogP contribution >= 0.6 is 24.2 Å². The van der Waals surface area contributed by atoms with Gasteiger partial charge in [0.05, 0.1) is 6.61 Å². The number of anilines is 1. The Morgan fingerprint density at radius 3 is 2.89 bits per heavy atom. The molecule has 1 aromatic carbocycles. The molecule has 0 fully saturated rings. The van der Waals surface area contributed by atoms with Crippen LogP contribution in [0, 0.1) is 0 Å². The van der Waals surface area contributed by atoms with Crippen LogP contribution in [0.1, 0.15) is 12.5 Å². The molecule has 3 N–H and O–H groups in total. The second-order valence-electron chi connectivity index (χ2n) is 3.89. The lowest BCUT2D eigenvalue weighted by molar-refractivity contribution is -0.118. The molecule has 1 unspecified atom stereocenters. The molecular weight excluding hydrogens is 284 g/mol. The summed E-state index contributed by atoms with van der Waals surface area (Å²) in [4.78, 5) is 11.7. The largest absolute Gasteiger partial charge is 0.383 e. The van der Waals surface area contributed by atoms with Crippen LogP contribution in [0.4, 0.5) is 5.69 Å². The van der Waals surface area contributed by atoms with E-state index in [4.69, 9.17) is 10.5 Å². The van der Waals surface area contributed by atoms with E-state index < -0.39 is 6.04 Å². The second kappa shape index (κ2) is 10.1. The van der Waals surface area contributed by atoms with Crippen molar-refractivity contribution < 1.29 is 9.53 Å². The fourth-order valence-corrected chi connectivity index (χ4v) is 2.07. The first kappa shape index (κ1) is 18.2. The van der Waals surface area contributed by atoms with Gasteiger partial charge in [-0.25, -0.2) is 0 Å². The van der Waals surface area contributed by atoms with E-state index in [2.05, 4.69) is 12.2 Å². The maximum absolute atomic E-state index is 11.7. The molecule has 0 aliphatic carbocycles. The van der Waals surface area contributed by atoms with Crippen molar-refractivity contribution >= 4 is 35.8 Å². The van der Waals surface area contributed by atoms with Crippen molar-refractivity contribution in [3.8, 4) is 0 Å². The Morgan fingerprint density at radius 1 is 1.53 bits per heavy atom. The number of ether oxygens (including phenoxy) is 1. The number of hydrogen-bond acceptors (Lipinski definition) is 4. The molecule has 1 aromatic rings. The molecular formula is C13H21ClN2O2S. The first-order valence-corrected chi connectivity index (χ1v) is 7.05. The molecule has 0 aliphatic heterocycles. The average molecular weight is 305 g/mol. The van der Waals surface area contributed by atoms with Gasteiger partial charge in [0.25, 0.3) is 0 Å². The lowest BCUT2D eigenvalue weighted by Crippen LogP contribution is -2.39. The summed E-state index contributed by atoms with van der Waals surface area (Å²) >= 11 is 1.85. The first-order valence-electron chi connectivity index (χ1n) is 5.89. The average Bonchev–Trinajstić information content (AvgIpc) is 2.37. The number of rotatable bonds is 7. The predicted octanol–water partition coefficient (Wildman–Crippen LogP) is 2.27. The zero-order chi connectivity index (χ0) is 13.4. The lowest BCUT2D eigenvalue weighted by atomic mass is 10.2. The SMILES string of the molecule is CCSCc1cccc(NC(=O)C(N)COC)c1.Cl. The van der Waals surface area contributed by atoms with E-state index in [0.29, 0.717) is 0 Å². The lowest BCUT2D eigenvalue weighted by Gasteiger charge is -2.12. The van der Waals surface area contributed by atoms with Crippen molar-refractivity contribution in [2.24, 2.45) is 5.73 Å². The predicted molar refractivity (Wildman–Crippen MR) is 84.0 cm³/mol. The Balaban J connectivity index is 0.00000324. The van der Waals surface area contributed by atoms with E-state index >= 15 is 0 Å². The summed E-state index contributed by atoms with van der Waals surface area (Å²) in [7, 11) is 1.52. The minimum Gasteiger partial charge on any atom is -0.383 e. The molecule has 1 rings (SSSR count). The summed E-state index contributed by atoms with van der Waals surface area (Å²) in [5, 5.41) is 2.79. The number of carbonyl (C=O) groups excluding carboxylic acids is 1. The van der Waals surface area contributed by atoms with E-state index in [1.165, 1.54) is 12.7 Å². The van der Waals surface area contributed by atoms with Crippen molar-refractivity contribution in [3.63, 3.8) is 0 Å². The summed E-state index contributed by atoms with van der Waals surface area (Å²) in [6.07, 6.45) is 0. The maximum Gasteiger partial charge on any atom is 0.243 e. The number of hydrogen-bond donors (Lipinski definition) is 2. The summed E-state index contributed by atoms with van der Waals surface area (Å²) in [6.45, 7) is 2.34. The van der Waals surface area contributed by atoms with Crippen LogP contribution in [0.2, 0.25) is 0 Å². The van der Waals surface area contributed by atoms with Crippen molar-refractivity contribution in [2.75, 3.05) is 24.8 Å². The fourth-order valence-electron chi connectivity index (χ4n) is 1.45. The zero-order valence-corrected chi connectivity index (χ0v) is 12.9. The number of amides is 1. The van der Waals surface area contributed by atoms with E-state index in [-0.39, 0.29) is 24.9 Å². The zero-order valence-electron chi connectivity index (χ0n) is 11.2. The summed E-state index contributed by atoms with van der Waals surface area (Å²) in [5.74, 6) is 1.80. The quantitative estimate of drug-likeness (QED) is 0.811. The van der Waals surface area contributed by atoms with Crippen LogP contribution in [0.5, 0.6) is 0 Å². The highest BCUT2D eigenvalue weighted by Gasteiger charge is 2.12. The molecule has 0 saturated heterocycles. The first-order chi connectivity index (χ1) is 8.67. The molecule has 108 valence electrons. The van der Waals surface area contributed by atoms with Gasteiger partial charge in [-0.05, 0) is 23.4 Å². The molecule has 6 heteroatoms. The molecule has 0 spiro atoms. The second-order valence-corrected chi connectivity index (χ2v) is 5.16. The minimum atomic E-state index is -0.635. The normalized spacial score (nSPS) is 11.5. The van der Waals surface area contributed by atoms with E-state index in [9.17, 15) is 4.79 Å².